The molecule has 1 N–H and O–H groups in total. The lowest BCUT2D eigenvalue weighted by Gasteiger charge is -2.36. The van der Waals surface area contributed by atoms with Gasteiger partial charge in [-0.3, -0.25) is 4.79 Å². The molecule has 1 aliphatic rings. The van der Waals surface area contributed by atoms with E-state index in [0.717, 1.165) is 24.5 Å². The smallest absolute Gasteiger partial charge is 0.407 e. The molecular weight excluding hydrogens is 286 g/mol. The molecule has 0 unspecified atom stereocenters. The third kappa shape index (κ3) is 4.03. The van der Waals surface area contributed by atoms with Crippen LogP contribution >= 0.6 is 0 Å². The number of nitrogens with one attached hydrogen (secondary N) is 1. The van der Waals surface area contributed by atoms with Crippen molar-refractivity contribution in [2.75, 3.05) is 51.8 Å². The van der Waals surface area contributed by atoms with Crippen LogP contribution in [0.4, 0.5) is 10.5 Å². The minimum Gasteiger partial charge on any atom is -0.497 e. The van der Waals surface area contributed by atoms with E-state index in [1.54, 1.807) is 12.0 Å². The first-order chi connectivity index (χ1) is 10.6. The highest BCUT2D eigenvalue weighted by Crippen LogP contribution is 2.20. The van der Waals surface area contributed by atoms with Crippen LogP contribution < -0.4 is 15.0 Å². The fourth-order valence-electron chi connectivity index (χ4n) is 2.34. The minimum absolute atomic E-state index is 0.0325. The maximum atomic E-state index is 12.0. The Labute approximate surface area is 129 Å². The van der Waals surface area contributed by atoms with Gasteiger partial charge in [0.25, 0.3) is 0 Å². The van der Waals surface area contributed by atoms with Gasteiger partial charge >= 0.3 is 6.09 Å². The zero-order chi connectivity index (χ0) is 15.9. The van der Waals surface area contributed by atoms with Crippen LogP contribution in [0.15, 0.2) is 24.3 Å². The van der Waals surface area contributed by atoms with Gasteiger partial charge in [0, 0.05) is 31.9 Å². The van der Waals surface area contributed by atoms with Crippen LogP contribution in [0, 0.1) is 0 Å². The van der Waals surface area contributed by atoms with E-state index in [1.807, 2.05) is 24.3 Å². The van der Waals surface area contributed by atoms with Crippen LogP contribution in [0.25, 0.3) is 0 Å². The van der Waals surface area contributed by atoms with Crippen molar-refractivity contribution in [3.8, 4) is 5.75 Å². The molecule has 22 heavy (non-hydrogen) atoms. The normalized spacial score (nSPS) is 14.5. The fourth-order valence-corrected chi connectivity index (χ4v) is 2.34. The average molecular weight is 307 g/mol. The highest BCUT2D eigenvalue weighted by Gasteiger charge is 2.21. The van der Waals surface area contributed by atoms with Crippen molar-refractivity contribution >= 4 is 17.7 Å². The molecule has 0 spiro atoms. The molecule has 7 nitrogen and oxygen atoms in total. The second-order valence-corrected chi connectivity index (χ2v) is 4.91. The summed E-state index contributed by atoms with van der Waals surface area (Å²) in [6.45, 7) is 2.75. The molecule has 0 bridgehead atoms. The number of carbonyl (C=O) groups is 2. The number of nitrogens with zero attached hydrogens (tertiary/aromatic N) is 2. The summed E-state index contributed by atoms with van der Waals surface area (Å²) in [4.78, 5) is 26.9. The van der Waals surface area contributed by atoms with Crippen LogP contribution in [0.1, 0.15) is 0 Å². The van der Waals surface area contributed by atoms with Gasteiger partial charge in [0.05, 0.1) is 14.2 Å². The van der Waals surface area contributed by atoms with Crippen LogP contribution in [0.5, 0.6) is 5.75 Å². The van der Waals surface area contributed by atoms with Gasteiger partial charge in [0.1, 0.15) is 12.3 Å². The Bertz CT molecular complexity index is 510. The summed E-state index contributed by atoms with van der Waals surface area (Å²) in [5, 5.41) is 2.41. The van der Waals surface area contributed by atoms with E-state index in [0.29, 0.717) is 13.1 Å². The Morgan fingerprint density at radius 2 is 1.73 bits per heavy atom. The highest BCUT2D eigenvalue weighted by atomic mass is 16.5. The van der Waals surface area contributed by atoms with Crippen molar-refractivity contribution in [2.24, 2.45) is 0 Å². The van der Waals surface area contributed by atoms with Crippen LogP contribution in [-0.4, -0.2) is 63.8 Å². The van der Waals surface area contributed by atoms with Crippen molar-refractivity contribution in [3.05, 3.63) is 24.3 Å². The van der Waals surface area contributed by atoms with Gasteiger partial charge in [-0.15, -0.1) is 0 Å². The summed E-state index contributed by atoms with van der Waals surface area (Å²) in [6, 6.07) is 7.87. The highest BCUT2D eigenvalue weighted by molar-refractivity contribution is 5.82. The lowest BCUT2D eigenvalue weighted by atomic mass is 10.2. The lowest BCUT2D eigenvalue weighted by Crippen LogP contribution is -2.51. The topological polar surface area (TPSA) is 71.1 Å². The number of methoxy groups -OCH3 is 2. The van der Waals surface area contributed by atoms with Crippen molar-refractivity contribution in [1.29, 1.82) is 0 Å². The van der Waals surface area contributed by atoms with Gasteiger partial charge in [0.15, 0.2) is 0 Å². The second-order valence-electron chi connectivity index (χ2n) is 4.91. The SMILES string of the molecule is COC(=O)NCC(=O)N1CCN(c2ccc(OC)cc2)CC1. The minimum atomic E-state index is -0.592. The number of benzene rings is 1. The molecule has 120 valence electrons. The van der Waals surface area contributed by atoms with E-state index in [-0.39, 0.29) is 12.5 Å². The summed E-state index contributed by atoms with van der Waals surface area (Å²) >= 11 is 0. The number of alkyl carbamates (subject to hydrolysis) is 1. The first-order valence-corrected chi connectivity index (χ1v) is 7.12. The Morgan fingerprint density at radius 1 is 1.09 bits per heavy atom. The summed E-state index contributed by atoms with van der Waals surface area (Å²) in [6.07, 6.45) is -0.592. The molecule has 1 aromatic rings. The van der Waals surface area contributed by atoms with Gasteiger partial charge in [-0.1, -0.05) is 0 Å². The van der Waals surface area contributed by atoms with E-state index in [4.69, 9.17) is 4.74 Å². The molecule has 0 radical (unpaired) electrons. The van der Waals surface area contributed by atoms with Gasteiger partial charge in [-0.2, -0.15) is 0 Å². The van der Waals surface area contributed by atoms with Crippen LogP contribution in [0.2, 0.25) is 0 Å². The second kappa shape index (κ2) is 7.53. The number of amides is 2. The van der Waals surface area contributed by atoms with Crippen molar-refractivity contribution in [3.63, 3.8) is 0 Å². The Kier molecular flexibility index (Phi) is 5.46. The van der Waals surface area contributed by atoms with Gasteiger partial charge < -0.3 is 24.6 Å². The molecule has 0 aromatic heterocycles. The maximum absolute atomic E-state index is 12.0. The molecule has 2 amide bonds. The molecule has 1 fully saturated rings. The molecule has 1 aromatic carbocycles. The number of ether oxygens (including phenoxy) is 2. The van der Waals surface area contributed by atoms with Gasteiger partial charge in [-0.25, -0.2) is 4.79 Å². The van der Waals surface area contributed by atoms with Crippen molar-refractivity contribution in [2.45, 2.75) is 0 Å². The molecule has 0 saturated carbocycles. The lowest BCUT2D eigenvalue weighted by molar-refractivity contribution is -0.130. The summed E-state index contributed by atoms with van der Waals surface area (Å²) in [5.74, 6) is 0.728. The predicted octanol–water partition coefficient (Wildman–Crippen LogP) is 0.700. The molecule has 1 heterocycles. The Morgan fingerprint density at radius 3 is 2.27 bits per heavy atom. The molecule has 1 aliphatic heterocycles. The van der Waals surface area contributed by atoms with Crippen molar-refractivity contribution in [1.82, 2.24) is 10.2 Å². The molecule has 7 heteroatoms. The number of hydrogen-bond donors (Lipinski definition) is 1. The van der Waals surface area contributed by atoms with Crippen LogP contribution in [-0.2, 0) is 9.53 Å². The van der Waals surface area contributed by atoms with Gasteiger partial charge in [0.2, 0.25) is 5.91 Å². The number of piperazine rings is 1. The zero-order valence-corrected chi connectivity index (χ0v) is 12.9. The third-order valence-electron chi connectivity index (χ3n) is 3.64. The fraction of sp³-hybridized carbons (Fsp3) is 0.467. The molecule has 2 rings (SSSR count). The summed E-state index contributed by atoms with van der Waals surface area (Å²) in [5.41, 5.74) is 1.11. The quantitative estimate of drug-likeness (QED) is 0.886. The molecule has 0 atom stereocenters. The first-order valence-electron chi connectivity index (χ1n) is 7.12. The van der Waals surface area contributed by atoms with E-state index in [2.05, 4.69) is 15.0 Å². The van der Waals surface area contributed by atoms with Crippen molar-refractivity contribution < 1.29 is 19.1 Å². The third-order valence-corrected chi connectivity index (χ3v) is 3.64. The largest absolute Gasteiger partial charge is 0.497 e. The molecule has 0 aliphatic carbocycles. The first kappa shape index (κ1) is 15.9. The Hall–Kier alpha value is -2.44. The average Bonchev–Trinajstić information content (AvgIpc) is 2.59. The van der Waals surface area contributed by atoms with Gasteiger partial charge in [-0.05, 0) is 24.3 Å². The van der Waals surface area contributed by atoms with E-state index in [1.165, 1.54) is 7.11 Å². The number of hydrogen-bond acceptors (Lipinski definition) is 5. The summed E-state index contributed by atoms with van der Waals surface area (Å²) in [7, 11) is 2.91. The van der Waals surface area contributed by atoms with E-state index in [9.17, 15) is 9.59 Å². The number of anilines is 1. The predicted molar refractivity (Wildman–Crippen MR) is 82.2 cm³/mol. The van der Waals surface area contributed by atoms with Crippen LogP contribution in [0.3, 0.4) is 0 Å². The number of rotatable bonds is 4. The molecular formula is C15H21N3O4. The summed E-state index contributed by atoms with van der Waals surface area (Å²) < 4.78 is 9.59. The standard InChI is InChI=1S/C15H21N3O4/c1-21-13-5-3-12(4-6-13)17-7-9-18(10-8-17)14(19)11-16-15(20)22-2/h3-6H,7-11H2,1-2H3,(H,16,20). The zero-order valence-electron chi connectivity index (χ0n) is 12.9. The maximum Gasteiger partial charge on any atom is 0.407 e. The number of carbonyl (C=O) groups excluding carboxylic acids is 2. The van der Waals surface area contributed by atoms with E-state index < -0.39 is 6.09 Å². The molecule has 1 saturated heterocycles. The van der Waals surface area contributed by atoms with E-state index >= 15 is 0 Å². The Balaban J connectivity index is 1.81. The monoisotopic (exact) mass is 307 g/mol.